The van der Waals surface area contributed by atoms with Crippen LogP contribution in [0.3, 0.4) is 0 Å². The van der Waals surface area contributed by atoms with Gasteiger partial charge in [0.1, 0.15) is 25.0 Å². The topological polar surface area (TPSA) is 61.4 Å². The molecule has 0 aliphatic rings. The van der Waals surface area contributed by atoms with Crippen molar-refractivity contribution in [2.24, 2.45) is 7.05 Å². The molecule has 0 aliphatic heterocycles. The molecule has 0 radical (unpaired) electrons. The first-order valence-corrected chi connectivity index (χ1v) is 3.94. The van der Waals surface area contributed by atoms with Crippen molar-refractivity contribution in [2.45, 2.75) is 13.5 Å². The Labute approximate surface area is 75.2 Å². The van der Waals surface area contributed by atoms with Crippen molar-refractivity contribution < 1.29 is 0 Å². The first-order valence-electron chi connectivity index (χ1n) is 3.94. The standard InChI is InChI=1S/C7H10N6/c1-6-10-11-7(12(6)2)3-13-5-8-4-9-13/h4-5H,3H2,1-2H3. The van der Waals surface area contributed by atoms with Gasteiger partial charge in [-0.15, -0.1) is 10.2 Å². The maximum Gasteiger partial charge on any atom is 0.154 e. The molecule has 0 atom stereocenters. The van der Waals surface area contributed by atoms with Gasteiger partial charge in [-0.05, 0) is 6.92 Å². The summed E-state index contributed by atoms with van der Waals surface area (Å²) in [7, 11) is 1.93. The van der Waals surface area contributed by atoms with Gasteiger partial charge in [0.15, 0.2) is 5.82 Å². The van der Waals surface area contributed by atoms with Crippen LogP contribution in [-0.2, 0) is 13.6 Å². The Morgan fingerprint density at radius 3 is 2.77 bits per heavy atom. The first-order chi connectivity index (χ1) is 6.27. The van der Waals surface area contributed by atoms with Gasteiger partial charge in [0.25, 0.3) is 0 Å². The van der Waals surface area contributed by atoms with Crippen molar-refractivity contribution in [3.05, 3.63) is 24.3 Å². The molecule has 2 aromatic rings. The monoisotopic (exact) mass is 178 g/mol. The average Bonchev–Trinajstić information content (AvgIpc) is 2.71. The van der Waals surface area contributed by atoms with Crippen LogP contribution in [0.15, 0.2) is 12.7 Å². The molecule has 0 N–H and O–H groups in total. The van der Waals surface area contributed by atoms with Crippen molar-refractivity contribution in [1.82, 2.24) is 29.5 Å². The summed E-state index contributed by atoms with van der Waals surface area (Å²) < 4.78 is 3.64. The van der Waals surface area contributed by atoms with E-state index in [9.17, 15) is 0 Å². The summed E-state index contributed by atoms with van der Waals surface area (Å²) in [5, 5.41) is 11.9. The fourth-order valence-electron chi connectivity index (χ4n) is 1.05. The van der Waals surface area contributed by atoms with E-state index in [1.54, 1.807) is 11.0 Å². The summed E-state index contributed by atoms with van der Waals surface area (Å²) in [4.78, 5) is 3.85. The zero-order valence-corrected chi connectivity index (χ0v) is 7.55. The Hall–Kier alpha value is -1.72. The molecule has 2 aromatic heterocycles. The van der Waals surface area contributed by atoms with E-state index >= 15 is 0 Å². The third kappa shape index (κ3) is 1.42. The number of aromatic nitrogens is 6. The number of aryl methyl sites for hydroxylation is 1. The maximum atomic E-state index is 4.01. The molecular formula is C7H10N6. The number of hydrogen-bond acceptors (Lipinski definition) is 4. The van der Waals surface area contributed by atoms with Crippen LogP contribution in [0.2, 0.25) is 0 Å². The van der Waals surface area contributed by atoms with E-state index in [4.69, 9.17) is 0 Å². The summed E-state index contributed by atoms with van der Waals surface area (Å²) in [6.45, 7) is 2.52. The predicted octanol–water partition coefficient (Wildman–Crippen LogP) is -0.237. The van der Waals surface area contributed by atoms with E-state index in [-0.39, 0.29) is 0 Å². The molecule has 13 heavy (non-hydrogen) atoms. The maximum absolute atomic E-state index is 4.01. The second-order valence-electron chi connectivity index (χ2n) is 2.82. The molecule has 2 rings (SSSR count). The highest BCUT2D eigenvalue weighted by Gasteiger charge is 2.04. The molecule has 0 saturated heterocycles. The SMILES string of the molecule is Cc1nnc(Cn2cncn2)n1C. The van der Waals surface area contributed by atoms with Crippen LogP contribution in [0.4, 0.5) is 0 Å². The number of nitrogens with zero attached hydrogens (tertiary/aromatic N) is 6. The molecular weight excluding hydrogens is 168 g/mol. The summed E-state index contributed by atoms with van der Waals surface area (Å²) in [6.07, 6.45) is 3.16. The highest BCUT2D eigenvalue weighted by atomic mass is 15.3. The van der Waals surface area contributed by atoms with Crippen LogP contribution < -0.4 is 0 Å². The molecule has 0 unspecified atom stereocenters. The van der Waals surface area contributed by atoms with Crippen LogP contribution in [0.5, 0.6) is 0 Å². The van der Waals surface area contributed by atoms with Crippen molar-refractivity contribution in [3.8, 4) is 0 Å². The molecule has 2 heterocycles. The van der Waals surface area contributed by atoms with E-state index in [2.05, 4.69) is 20.3 Å². The quantitative estimate of drug-likeness (QED) is 0.637. The lowest BCUT2D eigenvalue weighted by Gasteiger charge is -2.00. The predicted molar refractivity (Wildman–Crippen MR) is 44.9 cm³/mol. The Morgan fingerprint density at radius 1 is 1.38 bits per heavy atom. The summed E-state index contributed by atoms with van der Waals surface area (Å²) in [5.74, 6) is 1.78. The van der Waals surface area contributed by atoms with Gasteiger partial charge in [-0.3, -0.25) is 0 Å². The third-order valence-electron chi connectivity index (χ3n) is 1.95. The van der Waals surface area contributed by atoms with E-state index in [0.29, 0.717) is 6.54 Å². The summed E-state index contributed by atoms with van der Waals surface area (Å²) >= 11 is 0. The zero-order chi connectivity index (χ0) is 9.26. The number of hydrogen-bond donors (Lipinski definition) is 0. The van der Waals surface area contributed by atoms with Crippen molar-refractivity contribution >= 4 is 0 Å². The molecule has 0 bridgehead atoms. The zero-order valence-electron chi connectivity index (χ0n) is 7.55. The molecule has 0 amide bonds. The van der Waals surface area contributed by atoms with Crippen LogP contribution in [-0.4, -0.2) is 29.5 Å². The Balaban J connectivity index is 2.24. The first kappa shape index (κ1) is 7.90. The Morgan fingerprint density at radius 2 is 2.23 bits per heavy atom. The fourth-order valence-corrected chi connectivity index (χ4v) is 1.05. The minimum Gasteiger partial charge on any atom is -0.317 e. The fraction of sp³-hybridized carbons (Fsp3) is 0.429. The third-order valence-corrected chi connectivity index (χ3v) is 1.95. The highest BCUT2D eigenvalue weighted by molar-refractivity contribution is 4.92. The van der Waals surface area contributed by atoms with Crippen LogP contribution in [0.25, 0.3) is 0 Å². The summed E-state index contributed by atoms with van der Waals surface area (Å²) in [5.41, 5.74) is 0. The van der Waals surface area contributed by atoms with Crippen molar-refractivity contribution in [2.75, 3.05) is 0 Å². The van der Waals surface area contributed by atoms with Crippen LogP contribution in [0, 0.1) is 6.92 Å². The molecule has 6 heteroatoms. The molecule has 0 spiro atoms. The van der Waals surface area contributed by atoms with E-state index < -0.39 is 0 Å². The Bertz CT molecular complexity index is 387. The van der Waals surface area contributed by atoms with Gasteiger partial charge in [0.05, 0.1) is 0 Å². The van der Waals surface area contributed by atoms with Gasteiger partial charge in [-0.25, -0.2) is 9.67 Å². The second kappa shape index (κ2) is 2.96. The molecule has 68 valence electrons. The summed E-state index contributed by atoms with van der Waals surface area (Å²) in [6, 6.07) is 0. The minimum absolute atomic E-state index is 0.608. The smallest absolute Gasteiger partial charge is 0.154 e. The Kier molecular flexibility index (Phi) is 1.80. The van der Waals surface area contributed by atoms with E-state index in [1.807, 2.05) is 18.5 Å². The normalized spacial score (nSPS) is 10.6. The molecule has 0 saturated carbocycles. The lowest BCUT2D eigenvalue weighted by molar-refractivity contribution is 0.626. The minimum atomic E-state index is 0.608. The molecule has 6 nitrogen and oxygen atoms in total. The van der Waals surface area contributed by atoms with E-state index in [1.165, 1.54) is 6.33 Å². The van der Waals surface area contributed by atoms with Gasteiger partial charge >= 0.3 is 0 Å². The van der Waals surface area contributed by atoms with Gasteiger partial charge in [-0.2, -0.15) is 5.10 Å². The largest absolute Gasteiger partial charge is 0.317 e. The second-order valence-corrected chi connectivity index (χ2v) is 2.82. The lowest BCUT2D eigenvalue weighted by atomic mass is 10.5. The van der Waals surface area contributed by atoms with Gasteiger partial charge in [-0.1, -0.05) is 0 Å². The van der Waals surface area contributed by atoms with Gasteiger partial charge in [0, 0.05) is 7.05 Å². The van der Waals surface area contributed by atoms with Gasteiger partial charge in [0.2, 0.25) is 0 Å². The number of rotatable bonds is 2. The van der Waals surface area contributed by atoms with Crippen LogP contribution in [0.1, 0.15) is 11.6 Å². The highest BCUT2D eigenvalue weighted by Crippen LogP contribution is 1.98. The lowest BCUT2D eigenvalue weighted by Crippen LogP contribution is -2.06. The average molecular weight is 178 g/mol. The molecule has 0 aliphatic carbocycles. The van der Waals surface area contributed by atoms with E-state index in [0.717, 1.165) is 11.6 Å². The van der Waals surface area contributed by atoms with Crippen molar-refractivity contribution in [1.29, 1.82) is 0 Å². The molecule has 0 aromatic carbocycles. The van der Waals surface area contributed by atoms with Crippen LogP contribution >= 0.6 is 0 Å². The molecule has 0 fully saturated rings. The van der Waals surface area contributed by atoms with Crippen molar-refractivity contribution in [3.63, 3.8) is 0 Å². The van der Waals surface area contributed by atoms with Gasteiger partial charge < -0.3 is 4.57 Å².